The monoisotopic (exact) mass is 362 g/mol. The topological polar surface area (TPSA) is 68.8 Å². The smallest absolute Gasteiger partial charge is 0.266 e. The Morgan fingerprint density at radius 2 is 1.93 bits per heavy atom. The number of hydrogen-bond acceptors (Lipinski definition) is 5. The molecule has 2 aliphatic heterocycles. The molecule has 0 N–H and O–H groups in total. The van der Waals surface area contributed by atoms with Crippen LogP contribution in [0.15, 0.2) is 47.5 Å². The summed E-state index contributed by atoms with van der Waals surface area (Å²) in [6, 6.07) is 9.44. The van der Waals surface area contributed by atoms with Crippen LogP contribution in [0, 0.1) is 5.92 Å². The number of fused-ring (bicyclic) bond motifs is 1. The van der Waals surface area contributed by atoms with Crippen LogP contribution in [0.2, 0.25) is 0 Å². The summed E-state index contributed by atoms with van der Waals surface area (Å²) in [7, 11) is 0. The normalized spacial score (nSPS) is 17.0. The lowest BCUT2D eigenvalue weighted by Crippen LogP contribution is -2.49. The van der Waals surface area contributed by atoms with Crippen LogP contribution >= 0.6 is 0 Å². The van der Waals surface area contributed by atoms with Gasteiger partial charge in [-0.3, -0.25) is 19.4 Å². The lowest BCUT2D eigenvalue weighted by Gasteiger charge is -2.38. The van der Waals surface area contributed by atoms with E-state index in [1.807, 2.05) is 12.1 Å². The highest BCUT2D eigenvalue weighted by Crippen LogP contribution is 2.22. The second-order valence-electron chi connectivity index (χ2n) is 7.49. The number of nitrogens with zero attached hydrogens (tertiary/aromatic N) is 6. The third kappa shape index (κ3) is 3.30. The molecule has 0 saturated carbocycles. The molecule has 0 atom stereocenters. The zero-order valence-electron chi connectivity index (χ0n) is 15.2. The number of aromatic nitrogens is 5. The van der Waals surface area contributed by atoms with Crippen molar-refractivity contribution in [2.24, 2.45) is 5.92 Å². The summed E-state index contributed by atoms with van der Waals surface area (Å²) >= 11 is 0. The van der Waals surface area contributed by atoms with Gasteiger partial charge in [-0.25, -0.2) is 4.68 Å². The second kappa shape index (κ2) is 6.74. The molecule has 0 amide bonds. The number of aryl methyl sites for hydroxylation is 2. The quantitative estimate of drug-likeness (QED) is 0.689. The maximum absolute atomic E-state index is 12.2. The van der Waals surface area contributed by atoms with Gasteiger partial charge >= 0.3 is 0 Å². The van der Waals surface area contributed by atoms with Gasteiger partial charge in [-0.15, -0.1) is 0 Å². The molecule has 27 heavy (non-hydrogen) atoms. The molecule has 0 unspecified atom stereocenters. The average Bonchev–Trinajstić information content (AvgIpc) is 3.24. The molecule has 7 nitrogen and oxygen atoms in total. The Labute approximate surface area is 157 Å². The van der Waals surface area contributed by atoms with Gasteiger partial charge in [0.1, 0.15) is 0 Å². The number of rotatable bonds is 5. The van der Waals surface area contributed by atoms with Crippen LogP contribution in [0.25, 0.3) is 11.3 Å². The molecule has 5 heterocycles. The third-order valence-corrected chi connectivity index (χ3v) is 5.41. The zero-order valence-corrected chi connectivity index (χ0v) is 15.2. The van der Waals surface area contributed by atoms with E-state index >= 15 is 0 Å². The highest BCUT2D eigenvalue weighted by molar-refractivity contribution is 5.56. The van der Waals surface area contributed by atoms with Crippen LogP contribution in [-0.2, 0) is 26.1 Å². The van der Waals surface area contributed by atoms with Crippen molar-refractivity contribution in [3.05, 3.63) is 64.5 Å². The molecule has 0 spiro atoms. The fraction of sp³-hybridized carbons (Fsp3) is 0.400. The second-order valence-corrected chi connectivity index (χ2v) is 7.49. The molecular weight excluding hydrogens is 340 g/mol. The molecule has 2 aliphatic rings. The van der Waals surface area contributed by atoms with E-state index in [2.05, 4.69) is 30.8 Å². The van der Waals surface area contributed by atoms with Crippen molar-refractivity contribution in [1.29, 1.82) is 0 Å². The van der Waals surface area contributed by atoms with Gasteiger partial charge in [0.25, 0.3) is 5.56 Å². The molecule has 0 radical (unpaired) electrons. The summed E-state index contributed by atoms with van der Waals surface area (Å²) in [6.45, 7) is 4.58. The van der Waals surface area contributed by atoms with E-state index in [9.17, 15) is 4.79 Å². The average molecular weight is 362 g/mol. The van der Waals surface area contributed by atoms with Crippen LogP contribution in [0.3, 0.4) is 0 Å². The molecule has 0 aliphatic carbocycles. The summed E-state index contributed by atoms with van der Waals surface area (Å²) in [5, 5.41) is 9.23. The standard InChI is InChI=1S/C20H22N6O/c27-20-4-3-19(16-5-7-21-8-6-16)23-26(20)13-15-11-24(12-15)14-17-10-18-2-1-9-25(18)22-17/h3-8,10,15H,1-2,9,11-14H2. The molecule has 1 saturated heterocycles. The van der Waals surface area contributed by atoms with Crippen molar-refractivity contribution in [2.45, 2.75) is 32.5 Å². The first-order valence-corrected chi connectivity index (χ1v) is 9.51. The van der Waals surface area contributed by atoms with E-state index < -0.39 is 0 Å². The Morgan fingerprint density at radius 3 is 2.74 bits per heavy atom. The Bertz CT molecular complexity index is 981. The van der Waals surface area contributed by atoms with Crippen molar-refractivity contribution < 1.29 is 0 Å². The summed E-state index contributed by atoms with van der Waals surface area (Å²) in [5.74, 6) is 0.456. The fourth-order valence-electron chi connectivity index (χ4n) is 4.05. The SMILES string of the molecule is O=c1ccc(-c2ccncc2)nn1CC1CN(Cc2cc3n(n2)CCC3)C1. The van der Waals surface area contributed by atoms with Crippen LogP contribution in [0.4, 0.5) is 0 Å². The highest BCUT2D eigenvalue weighted by Gasteiger charge is 2.28. The van der Waals surface area contributed by atoms with Crippen molar-refractivity contribution >= 4 is 0 Å². The first-order valence-electron chi connectivity index (χ1n) is 9.51. The predicted octanol–water partition coefficient (Wildman–Crippen LogP) is 1.58. The highest BCUT2D eigenvalue weighted by atomic mass is 16.1. The Morgan fingerprint density at radius 1 is 1.07 bits per heavy atom. The van der Waals surface area contributed by atoms with Gasteiger partial charge in [-0.05, 0) is 37.1 Å². The van der Waals surface area contributed by atoms with Gasteiger partial charge in [0.05, 0.1) is 17.9 Å². The van der Waals surface area contributed by atoms with Crippen molar-refractivity contribution in [3.63, 3.8) is 0 Å². The maximum Gasteiger partial charge on any atom is 0.266 e. The third-order valence-electron chi connectivity index (χ3n) is 5.41. The number of likely N-dealkylation sites (tertiary alicyclic amines) is 1. The van der Waals surface area contributed by atoms with E-state index in [0.29, 0.717) is 12.5 Å². The molecule has 138 valence electrons. The molecule has 3 aromatic rings. The van der Waals surface area contributed by atoms with Gasteiger partial charge in [-0.2, -0.15) is 10.2 Å². The summed E-state index contributed by atoms with van der Waals surface area (Å²) < 4.78 is 3.74. The van der Waals surface area contributed by atoms with Crippen LogP contribution in [0.1, 0.15) is 17.8 Å². The Balaban J connectivity index is 1.21. The summed E-state index contributed by atoms with van der Waals surface area (Å²) in [6.07, 6.45) is 5.84. The molecule has 1 fully saturated rings. The minimum atomic E-state index is -0.0446. The zero-order chi connectivity index (χ0) is 18.2. The minimum absolute atomic E-state index is 0.0446. The van der Waals surface area contributed by atoms with Crippen LogP contribution in [-0.4, -0.2) is 42.5 Å². The van der Waals surface area contributed by atoms with Crippen LogP contribution in [0.5, 0.6) is 0 Å². The van der Waals surface area contributed by atoms with Crippen molar-refractivity contribution in [1.82, 2.24) is 29.4 Å². The molecule has 5 rings (SSSR count). The van der Waals surface area contributed by atoms with Crippen molar-refractivity contribution in [2.75, 3.05) is 13.1 Å². The van der Waals surface area contributed by atoms with Gasteiger partial charge in [0, 0.05) is 61.8 Å². The first kappa shape index (κ1) is 16.4. The molecular formula is C20H22N6O. The summed E-state index contributed by atoms with van der Waals surface area (Å²) in [5.41, 5.74) is 4.27. The fourth-order valence-corrected chi connectivity index (χ4v) is 4.05. The van der Waals surface area contributed by atoms with E-state index in [0.717, 1.165) is 49.6 Å². The van der Waals surface area contributed by atoms with E-state index in [-0.39, 0.29) is 5.56 Å². The van der Waals surface area contributed by atoms with Crippen LogP contribution < -0.4 is 5.56 Å². The molecule has 7 heteroatoms. The first-order chi connectivity index (χ1) is 13.2. The minimum Gasteiger partial charge on any atom is -0.297 e. The van der Waals surface area contributed by atoms with Gasteiger partial charge in [-0.1, -0.05) is 0 Å². The number of pyridine rings is 1. The van der Waals surface area contributed by atoms with Gasteiger partial charge < -0.3 is 0 Å². The Hall–Kier alpha value is -2.80. The largest absolute Gasteiger partial charge is 0.297 e. The molecule has 0 bridgehead atoms. The lowest BCUT2D eigenvalue weighted by molar-refractivity contribution is 0.0752. The van der Waals surface area contributed by atoms with E-state index in [4.69, 9.17) is 0 Å². The molecule has 3 aromatic heterocycles. The van der Waals surface area contributed by atoms with E-state index in [1.165, 1.54) is 12.1 Å². The predicted molar refractivity (Wildman–Crippen MR) is 101 cm³/mol. The number of hydrogen-bond donors (Lipinski definition) is 0. The van der Waals surface area contributed by atoms with Gasteiger partial charge in [0.15, 0.2) is 0 Å². The lowest BCUT2D eigenvalue weighted by atomic mass is 10.00. The van der Waals surface area contributed by atoms with Crippen molar-refractivity contribution in [3.8, 4) is 11.3 Å². The van der Waals surface area contributed by atoms with E-state index in [1.54, 1.807) is 29.2 Å². The molecule has 0 aromatic carbocycles. The maximum atomic E-state index is 12.2. The van der Waals surface area contributed by atoms with Gasteiger partial charge in [0.2, 0.25) is 0 Å². The summed E-state index contributed by atoms with van der Waals surface area (Å²) in [4.78, 5) is 18.6. The Kier molecular flexibility index (Phi) is 4.09.